The molecule has 0 saturated heterocycles. The summed E-state index contributed by atoms with van der Waals surface area (Å²) in [6, 6.07) is -0.740. The number of hydrogen-bond acceptors (Lipinski definition) is 4. The van der Waals surface area contributed by atoms with E-state index in [4.69, 9.17) is 10.2 Å². The third kappa shape index (κ3) is 3.33. The van der Waals surface area contributed by atoms with E-state index in [1.165, 1.54) is 0 Å². The first kappa shape index (κ1) is 16.1. The van der Waals surface area contributed by atoms with Crippen LogP contribution in [-0.2, 0) is 0 Å². The Balaban J connectivity index is 3.23. The van der Waals surface area contributed by atoms with E-state index in [2.05, 4.69) is 16.8 Å². The van der Waals surface area contributed by atoms with Gasteiger partial charge in [-0.2, -0.15) is 0 Å². The normalized spacial score (nSPS) is 16.6. The molecule has 0 spiro atoms. The van der Waals surface area contributed by atoms with E-state index in [-0.39, 0.29) is 5.89 Å². The maximum atomic E-state index is 13.8. The average Bonchev–Trinajstić information content (AvgIpc) is 2.82. The molecule has 0 saturated carbocycles. The summed E-state index contributed by atoms with van der Waals surface area (Å²) in [7, 11) is 0. The van der Waals surface area contributed by atoms with Gasteiger partial charge in [0.05, 0.1) is 6.04 Å². The van der Waals surface area contributed by atoms with Gasteiger partial charge < -0.3 is 10.2 Å². The van der Waals surface area contributed by atoms with E-state index >= 15 is 0 Å². The zero-order chi connectivity index (χ0) is 15.4. The number of H-pyrrole nitrogens is 1. The van der Waals surface area contributed by atoms with Gasteiger partial charge >= 0.3 is 5.76 Å². The molecule has 0 unspecified atom stereocenters. The molecule has 3 N–H and O–H groups in total. The molecule has 1 aromatic heterocycles. The SMILES string of the molecule is C=C(F)/C(=C(C)\C(C)=C/C)[C@@H](C)[C@H](N)c1n[nH]c(=O)o1. The summed E-state index contributed by atoms with van der Waals surface area (Å²) in [6.45, 7) is 10.7. The van der Waals surface area contributed by atoms with Crippen LogP contribution in [0.2, 0.25) is 0 Å². The van der Waals surface area contributed by atoms with Gasteiger partial charge in [0.2, 0.25) is 5.89 Å². The minimum atomic E-state index is -0.740. The van der Waals surface area contributed by atoms with Crippen LogP contribution in [0.5, 0.6) is 0 Å². The number of rotatable bonds is 5. The summed E-state index contributed by atoms with van der Waals surface area (Å²) in [5.74, 6) is -1.63. The van der Waals surface area contributed by atoms with Gasteiger partial charge in [0.1, 0.15) is 5.83 Å². The number of aromatic amines is 1. The number of aromatic nitrogens is 2. The van der Waals surface area contributed by atoms with Crippen LogP contribution in [0.3, 0.4) is 0 Å². The molecule has 0 amide bonds. The molecule has 5 nitrogen and oxygen atoms in total. The Bertz CT molecular complexity index is 610. The Kier molecular flexibility index (Phi) is 5.21. The predicted molar refractivity (Wildman–Crippen MR) is 75.6 cm³/mol. The molecule has 110 valence electrons. The molecule has 1 heterocycles. The van der Waals surface area contributed by atoms with Gasteiger partial charge in [0, 0.05) is 5.92 Å². The molecule has 0 aliphatic heterocycles. The molecule has 20 heavy (non-hydrogen) atoms. The van der Waals surface area contributed by atoms with Crippen molar-refractivity contribution in [1.82, 2.24) is 10.2 Å². The highest BCUT2D eigenvalue weighted by molar-refractivity contribution is 5.41. The standard InChI is InChI=1S/C14H20FN3O2/c1-6-7(2)8(3)11(10(5)15)9(4)12(16)13-17-18-14(19)20-13/h6,9,12H,5,16H2,1-4H3,(H,18,19)/b7-6-,11-8-/t9-,12+/m1/s1. The topological polar surface area (TPSA) is 84.9 Å². The van der Waals surface area contributed by atoms with Crippen LogP contribution < -0.4 is 11.5 Å². The molecular formula is C14H20FN3O2. The maximum Gasteiger partial charge on any atom is 0.434 e. The Morgan fingerprint density at radius 2 is 2.15 bits per heavy atom. The van der Waals surface area contributed by atoms with Crippen molar-refractivity contribution in [1.29, 1.82) is 0 Å². The lowest BCUT2D eigenvalue weighted by Crippen LogP contribution is -2.22. The minimum Gasteiger partial charge on any atom is -0.391 e. The Morgan fingerprint density at radius 3 is 2.55 bits per heavy atom. The largest absolute Gasteiger partial charge is 0.434 e. The summed E-state index contributed by atoms with van der Waals surface area (Å²) in [4.78, 5) is 11.0. The first-order valence-corrected chi connectivity index (χ1v) is 6.29. The zero-order valence-corrected chi connectivity index (χ0v) is 12.2. The van der Waals surface area contributed by atoms with Gasteiger partial charge in [0.25, 0.3) is 0 Å². The first-order valence-electron chi connectivity index (χ1n) is 6.29. The van der Waals surface area contributed by atoms with Crippen molar-refractivity contribution in [3.8, 4) is 0 Å². The van der Waals surface area contributed by atoms with E-state index in [0.717, 1.165) is 11.1 Å². The summed E-state index contributed by atoms with van der Waals surface area (Å²) in [6.07, 6.45) is 1.88. The summed E-state index contributed by atoms with van der Waals surface area (Å²) in [5, 5.41) is 5.82. The number of nitrogens with one attached hydrogen (secondary N) is 1. The highest BCUT2D eigenvalue weighted by atomic mass is 19.1. The second-order valence-corrected chi connectivity index (χ2v) is 4.68. The van der Waals surface area contributed by atoms with E-state index in [9.17, 15) is 9.18 Å². The molecule has 2 atom stereocenters. The van der Waals surface area contributed by atoms with E-state index in [0.29, 0.717) is 5.57 Å². The summed E-state index contributed by atoms with van der Waals surface area (Å²) < 4.78 is 18.6. The highest BCUT2D eigenvalue weighted by Crippen LogP contribution is 2.33. The third-order valence-electron chi connectivity index (χ3n) is 3.45. The van der Waals surface area contributed by atoms with Crippen LogP contribution in [0.15, 0.2) is 44.4 Å². The lowest BCUT2D eigenvalue weighted by atomic mass is 9.87. The van der Waals surface area contributed by atoms with Gasteiger partial charge in [0.15, 0.2) is 0 Å². The van der Waals surface area contributed by atoms with Gasteiger partial charge in [-0.1, -0.05) is 25.2 Å². The van der Waals surface area contributed by atoms with Crippen LogP contribution >= 0.6 is 0 Å². The van der Waals surface area contributed by atoms with E-state index in [1.54, 1.807) is 13.8 Å². The molecule has 0 aromatic carbocycles. The van der Waals surface area contributed by atoms with Gasteiger partial charge in [-0.05, 0) is 31.9 Å². The molecule has 0 bridgehead atoms. The lowest BCUT2D eigenvalue weighted by molar-refractivity contribution is 0.379. The number of halogens is 1. The quantitative estimate of drug-likeness (QED) is 0.813. The average molecular weight is 281 g/mol. The van der Waals surface area contributed by atoms with Crippen molar-refractivity contribution in [2.24, 2.45) is 11.7 Å². The summed E-state index contributed by atoms with van der Waals surface area (Å²) >= 11 is 0. The van der Waals surface area contributed by atoms with Crippen molar-refractivity contribution in [3.05, 3.63) is 51.6 Å². The van der Waals surface area contributed by atoms with Gasteiger partial charge in [-0.25, -0.2) is 14.3 Å². The zero-order valence-electron chi connectivity index (χ0n) is 12.2. The molecule has 0 radical (unpaired) electrons. The maximum absolute atomic E-state index is 13.8. The second-order valence-electron chi connectivity index (χ2n) is 4.68. The van der Waals surface area contributed by atoms with E-state index < -0.39 is 23.5 Å². The molecule has 0 fully saturated rings. The predicted octanol–water partition coefficient (Wildman–Crippen LogP) is 2.76. The lowest BCUT2D eigenvalue weighted by Gasteiger charge is -2.21. The van der Waals surface area contributed by atoms with Crippen molar-refractivity contribution >= 4 is 0 Å². The van der Waals surface area contributed by atoms with Crippen LogP contribution in [0.1, 0.15) is 39.6 Å². The van der Waals surface area contributed by atoms with Crippen LogP contribution in [0.25, 0.3) is 0 Å². The monoisotopic (exact) mass is 281 g/mol. The van der Waals surface area contributed by atoms with Gasteiger partial charge in [-0.15, -0.1) is 5.10 Å². The highest BCUT2D eigenvalue weighted by Gasteiger charge is 2.26. The van der Waals surface area contributed by atoms with Crippen molar-refractivity contribution < 1.29 is 8.81 Å². The van der Waals surface area contributed by atoms with E-state index in [1.807, 2.05) is 19.9 Å². The molecule has 0 aliphatic carbocycles. The fourth-order valence-electron chi connectivity index (χ4n) is 2.00. The van der Waals surface area contributed by atoms with Gasteiger partial charge in [-0.3, -0.25) is 0 Å². The van der Waals surface area contributed by atoms with Crippen molar-refractivity contribution in [2.75, 3.05) is 0 Å². The second kappa shape index (κ2) is 6.47. The molecule has 6 heteroatoms. The number of allylic oxidation sites excluding steroid dienone is 4. The molecule has 1 rings (SSSR count). The van der Waals surface area contributed by atoms with Crippen LogP contribution in [0.4, 0.5) is 4.39 Å². The fraction of sp³-hybridized carbons (Fsp3) is 0.429. The molecule has 0 aliphatic rings. The minimum absolute atomic E-state index is 0.0483. The van der Waals surface area contributed by atoms with Crippen molar-refractivity contribution in [3.63, 3.8) is 0 Å². The number of nitrogens with two attached hydrogens (primary N) is 1. The van der Waals surface area contributed by atoms with Crippen molar-refractivity contribution in [2.45, 2.75) is 33.7 Å². The summed E-state index contributed by atoms with van der Waals surface area (Å²) in [5.41, 5.74) is 8.09. The fourth-order valence-corrected chi connectivity index (χ4v) is 2.00. The molecule has 1 aromatic rings. The first-order chi connectivity index (χ1) is 9.29. The Morgan fingerprint density at radius 1 is 1.55 bits per heavy atom. The number of hydrogen-bond donors (Lipinski definition) is 2. The van der Waals surface area contributed by atoms with Crippen LogP contribution in [0, 0.1) is 5.92 Å². The van der Waals surface area contributed by atoms with Crippen LogP contribution in [-0.4, -0.2) is 10.2 Å². The third-order valence-corrected chi connectivity index (χ3v) is 3.45. The number of nitrogens with zero attached hydrogens (tertiary/aromatic N) is 1. The smallest absolute Gasteiger partial charge is 0.391 e. The Labute approximate surface area is 117 Å². The molecular weight excluding hydrogens is 261 g/mol. The Hall–Kier alpha value is -1.95.